The molecular weight excluding hydrogens is 399 g/mol. The fourth-order valence-electron chi connectivity index (χ4n) is 4.23. The fraction of sp³-hybridized carbons (Fsp3) is 0.320. The predicted octanol–water partition coefficient (Wildman–Crippen LogP) is 6.80. The molecule has 0 radical (unpaired) electrons. The molecular formula is C25H26ClFN2O. The number of aromatic nitrogens is 2. The third-order valence-electron chi connectivity index (χ3n) is 6.09. The first-order valence-electron chi connectivity index (χ1n) is 10.3. The van der Waals surface area contributed by atoms with Crippen LogP contribution in [0.25, 0.3) is 11.8 Å². The first-order chi connectivity index (χ1) is 14.4. The maximum Gasteiger partial charge on any atom is 0.141 e. The molecule has 0 N–H and O–H groups in total. The first kappa shape index (κ1) is 20.8. The van der Waals surface area contributed by atoms with Crippen LogP contribution in [-0.2, 0) is 11.2 Å². The Hall–Kier alpha value is -2.43. The van der Waals surface area contributed by atoms with Crippen LogP contribution in [0.15, 0.2) is 60.3 Å². The Morgan fingerprint density at radius 3 is 2.70 bits per heavy atom. The fourth-order valence-corrected chi connectivity index (χ4v) is 4.40. The molecule has 0 saturated heterocycles. The maximum absolute atomic E-state index is 13.6. The lowest BCUT2D eigenvalue weighted by Crippen LogP contribution is -2.28. The molecule has 1 aliphatic rings. The lowest BCUT2D eigenvalue weighted by atomic mass is 9.70. The molecule has 1 heterocycles. The summed E-state index contributed by atoms with van der Waals surface area (Å²) < 4.78 is 21.5. The summed E-state index contributed by atoms with van der Waals surface area (Å²) in [5.74, 6) is -0.427. The summed E-state index contributed by atoms with van der Waals surface area (Å²) in [6, 6.07) is 15.1. The van der Waals surface area contributed by atoms with Crippen LogP contribution in [0.2, 0.25) is 5.02 Å². The molecule has 1 aromatic heterocycles. The summed E-state index contributed by atoms with van der Waals surface area (Å²) in [6.45, 7) is 7.18. The molecule has 2 atom stereocenters. The van der Waals surface area contributed by atoms with Crippen LogP contribution in [0, 0.1) is 11.2 Å². The second kappa shape index (κ2) is 8.37. The molecule has 0 fully saturated rings. The molecule has 0 spiro atoms. The molecule has 0 saturated carbocycles. The monoisotopic (exact) mass is 424 g/mol. The van der Waals surface area contributed by atoms with E-state index in [1.807, 2.05) is 23.9 Å². The molecule has 0 aliphatic heterocycles. The smallest absolute Gasteiger partial charge is 0.141 e. The molecule has 5 heteroatoms. The number of fused-ring (bicyclic) bond motifs is 1. The van der Waals surface area contributed by atoms with Gasteiger partial charge in [0.05, 0.1) is 28.7 Å². The van der Waals surface area contributed by atoms with Crippen molar-refractivity contribution in [1.29, 1.82) is 0 Å². The Morgan fingerprint density at radius 2 is 2.00 bits per heavy atom. The highest BCUT2D eigenvalue weighted by Gasteiger charge is 2.35. The minimum absolute atomic E-state index is 0.0389. The maximum atomic E-state index is 13.6. The van der Waals surface area contributed by atoms with Gasteiger partial charge in [-0.3, -0.25) is 0 Å². The van der Waals surface area contributed by atoms with Crippen LogP contribution in [0.3, 0.4) is 0 Å². The van der Waals surface area contributed by atoms with E-state index in [1.165, 1.54) is 22.8 Å². The molecule has 156 valence electrons. The van der Waals surface area contributed by atoms with E-state index in [0.717, 1.165) is 24.2 Å². The Balaban J connectivity index is 1.65. The van der Waals surface area contributed by atoms with Gasteiger partial charge < -0.3 is 4.74 Å². The Bertz CT molecular complexity index is 1080. The number of benzene rings is 2. The van der Waals surface area contributed by atoms with E-state index in [-0.39, 0.29) is 16.5 Å². The normalized spacial score (nSPS) is 19.3. The van der Waals surface area contributed by atoms with Gasteiger partial charge >= 0.3 is 0 Å². The van der Waals surface area contributed by atoms with Gasteiger partial charge in [-0.25, -0.2) is 9.07 Å². The van der Waals surface area contributed by atoms with Gasteiger partial charge in [-0.2, -0.15) is 5.10 Å². The minimum Gasteiger partial charge on any atom is -0.374 e. The van der Waals surface area contributed by atoms with Gasteiger partial charge in [-0.05, 0) is 67.5 Å². The average molecular weight is 425 g/mol. The van der Waals surface area contributed by atoms with Crippen LogP contribution in [-0.4, -0.2) is 16.4 Å². The minimum atomic E-state index is -0.427. The van der Waals surface area contributed by atoms with E-state index in [4.69, 9.17) is 16.3 Å². The van der Waals surface area contributed by atoms with E-state index >= 15 is 0 Å². The first-order valence-corrected chi connectivity index (χ1v) is 10.7. The number of hydrogen-bond acceptors (Lipinski definition) is 2. The molecule has 4 rings (SSSR count). The van der Waals surface area contributed by atoms with Crippen molar-refractivity contribution in [3.63, 3.8) is 0 Å². The summed E-state index contributed by atoms with van der Waals surface area (Å²) in [5.41, 5.74) is 5.40. The number of rotatable bonds is 6. The third-order valence-corrected chi connectivity index (χ3v) is 6.38. The number of ether oxygens (including phenoxy) is 1. The number of halogens is 2. The SMILES string of the molecule is CCO[C@H](C[C@@]1(C)Cc2cnn(-c3ccc(F)c(Cl)c3)c2C=C1C)c1ccccc1. The zero-order valence-corrected chi connectivity index (χ0v) is 18.3. The van der Waals surface area contributed by atoms with Gasteiger partial charge in [0.15, 0.2) is 0 Å². The summed E-state index contributed by atoms with van der Waals surface area (Å²) in [5, 5.41) is 4.67. The quantitative estimate of drug-likeness (QED) is 0.435. The van der Waals surface area contributed by atoms with Crippen LogP contribution >= 0.6 is 11.6 Å². The second-order valence-electron chi connectivity index (χ2n) is 8.19. The zero-order valence-electron chi connectivity index (χ0n) is 17.5. The zero-order chi connectivity index (χ0) is 21.3. The third kappa shape index (κ3) is 3.94. The van der Waals surface area contributed by atoms with Crippen LogP contribution < -0.4 is 0 Å². The number of allylic oxidation sites excluding steroid dienone is 1. The highest BCUT2D eigenvalue weighted by Crippen LogP contribution is 2.45. The molecule has 0 unspecified atom stereocenters. The van der Waals surface area contributed by atoms with Gasteiger partial charge in [0.1, 0.15) is 5.82 Å². The van der Waals surface area contributed by atoms with Crippen molar-refractivity contribution in [2.24, 2.45) is 5.41 Å². The highest BCUT2D eigenvalue weighted by atomic mass is 35.5. The van der Waals surface area contributed by atoms with Gasteiger partial charge in [0.25, 0.3) is 0 Å². The number of nitrogens with zero attached hydrogens (tertiary/aromatic N) is 2. The molecule has 30 heavy (non-hydrogen) atoms. The van der Waals surface area contributed by atoms with Gasteiger partial charge in [0, 0.05) is 6.61 Å². The average Bonchev–Trinajstić information content (AvgIpc) is 3.13. The molecule has 0 bridgehead atoms. The van der Waals surface area contributed by atoms with Crippen molar-refractivity contribution < 1.29 is 9.13 Å². The van der Waals surface area contributed by atoms with Gasteiger partial charge in [-0.15, -0.1) is 0 Å². The van der Waals surface area contributed by atoms with E-state index in [9.17, 15) is 4.39 Å². The number of hydrogen-bond donors (Lipinski definition) is 0. The lowest BCUT2D eigenvalue weighted by molar-refractivity contribution is 0.0324. The summed E-state index contributed by atoms with van der Waals surface area (Å²) >= 11 is 5.99. The summed E-state index contributed by atoms with van der Waals surface area (Å²) in [4.78, 5) is 0. The summed E-state index contributed by atoms with van der Waals surface area (Å²) in [7, 11) is 0. The van der Waals surface area contributed by atoms with Crippen LogP contribution in [0.5, 0.6) is 0 Å². The van der Waals surface area contributed by atoms with E-state index < -0.39 is 5.82 Å². The lowest BCUT2D eigenvalue weighted by Gasteiger charge is -2.37. The second-order valence-corrected chi connectivity index (χ2v) is 8.60. The van der Waals surface area contributed by atoms with Crippen molar-refractivity contribution in [3.8, 4) is 5.69 Å². The van der Waals surface area contributed by atoms with Crippen molar-refractivity contribution in [1.82, 2.24) is 9.78 Å². The molecule has 3 nitrogen and oxygen atoms in total. The Labute approximate surface area is 182 Å². The van der Waals surface area contributed by atoms with Crippen LogP contribution in [0.1, 0.15) is 50.1 Å². The molecule has 2 aromatic carbocycles. The van der Waals surface area contributed by atoms with E-state index in [1.54, 1.807) is 12.1 Å². The molecule has 0 amide bonds. The standard InChI is InChI=1S/C25H26ClFN2O/c1-4-30-24(18-8-6-5-7-9-18)15-25(3)14-19-16-28-29(23(19)12-17(25)2)20-10-11-22(27)21(26)13-20/h5-13,16,24H,4,14-15H2,1-3H3/t24-,25-/m1/s1. The largest absolute Gasteiger partial charge is 0.374 e. The van der Waals surface area contributed by atoms with Crippen molar-refractivity contribution >= 4 is 17.7 Å². The highest BCUT2D eigenvalue weighted by molar-refractivity contribution is 6.30. The topological polar surface area (TPSA) is 27.1 Å². The molecule has 3 aromatic rings. The van der Waals surface area contributed by atoms with E-state index in [0.29, 0.717) is 6.61 Å². The van der Waals surface area contributed by atoms with Crippen molar-refractivity contribution in [3.05, 3.63) is 88.0 Å². The summed E-state index contributed by atoms with van der Waals surface area (Å²) in [6.07, 6.45) is 5.90. The van der Waals surface area contributed by atoms with E-state index in [2.05, 4.69) is 49.3 Å². The Kier molecular flexibility index (Phi) is 5.81. The van der Waals surface area contributed by atoms with Crippen molar-refractivity contribution in [2.75, 3.05) is 6.61 Å². The predicted molar refractivity (Wildman–Crippen MR) is 119 cm³/mol. The van der Waals surface area contributed by atoms with Gasteiger partial charge in [0.2, 0.25) is 0 Å². The van der Waals surface area contributed by atoms with Crippen molar-refractivity contribution in [2.45, 2.75) is 39.7 Å². The Morgan fingerprint density at radius 1 is 1.23 bits per heavy atom. The van der Waals surface area contributed by atoms with Gasteiger partial charge in [-0.1, -0.05) is 54.4 Å². The molecule has 1 aliphatic carbocycles. The van der Waals surface area contributed by atoms with Crippen LogP contribution in [0.4, 0.5) is 4.39 Å².